The fourth-order valence-corrected chi connectivity index (χ4v) is 2.59. The molecule has 1 unspecified atom stereocenters. The number of fused-ring (bicyclic) bond motifs is 1. The molecule has 88 valence electrons. The molecule has 1 aliphatic rings. The lowest BCUT2D eigenvalue weighted by Gasteiger charge is -2.19. The highest BCUT2D eigenvalue weighted by Gasteiger charge is 2.19. The molecule has 1 aliphatic heterocycles. The average Bonchev–Trinajstić information content (AvgIpc) is 2.75. The van der Waals surface area contributed by atoms with E-state index >= 15 is 0 Å². The third-order valence-corrected chi connectivity index (χ3v) is 3.68. The van der Waals surface area contributed by atoms with Crippen LogP contribution >= 0.6 is 11.6 Å². The van der Waals surface area contributed by atoms with Crippen LogP contribution in [0, 0.1) is 0 Å². The largest absolute Gasteiger partial charge is 0.334 e. The fraction of sp³-hybridized carbons (Fsp3) is 0.357. The Kier molecular flexibility index (Phi) is 2.67. The quantitative estimate of drug-likeness (QED) is 0.741. The lowest BCUT2D eigenvalue weighted by Crippen LogP contribution is -2.12. The van der Waals surface area contributed by atoms with Gasteiger partial charge in [0, 0.05) is 29.2 Å². The van der Waals surface area contributed by atoms with Crippen LogP contribution in [-0.4, -0.2) is 9.55 Å². The SMILES string of the molecule is CC1CCCn2cc(-c3ccc(Cl)cc3)nc21. The van der Waals surface area contributed by atoms with E-state index in [-0.39, 0.29) is 0 Å². The lowest BCUT2D eigenvalue weighted by atomic mass is 10.0. The summed E-state index contributed by atoms with van der Waals surface area (Å²) in [5.74, 6) is 1.80. The Hall–Kier alpha value is -1.28. The molecule has 3 rings (SSSR count). The van der Waals surface area contributed by atoms with Crippen LogP contribution in [0.15, 0.2) is 30.5 Å². The number of benzene rings is 1. The van der Waals surface area contributed by atoms with Gasteiger partial charge < -0.3 is 4.57 Å². The Morgan fingerprint density at radius 1 is 1.29 bits per heavy atom. The van der Waals surface area contributed by atoms with Gasteiger partial charge in [-0.1, -0.05) is 30.7 Å². The number of aryl methyl sites for hydroxylation is 1. The third-order valence-electron chi connectivity index (χ3n) is 3.42. The Bertz CT molecular complexity index is 528. The Morgan fingerprint density at radius 3 is 2.76 bits per heavy atom. The van der Waals surface area contributed by atoms with Crippen LogP contribution in [0.3, 0.4) is 0 Å². The smallest absolute Gasteiger partial charge is 0.112 e. The summed E-state index contributed by atoms with van der Waals surface area (Å²) in [5.41, 5.74) is 2.20. The van der Waals surface area contributed by atoms with Gasteiger partial charge in [-0.3, -0.25) is 0 Å². The van der Waals surface area contributed by atoms with E-state index in [1.807, 2.05) is 24.3 Å². The highest BCUT2D eigenvalue weighted by Crippen LogP contribution is 2.29. The molecule has 0 saturated heterocycles. The van der Waals surface area contributed by atoms with Gasteiger partial charge in [-0.15, -0.1) is 0 Å². The van der Waals surface area contributed by atoms with Gasteiger partial charge in [-0.2, -0.15) is 0 Å². The van der Waals surface area contributed by atoms with Crippen LogP contribution in [0.5, 0.6) is 0 Å². The lowest BCUT2D eigenvalue weighted by molar-refractivity contribution is 0.463. The standard InChI is InChI=1S/C14H15ClN2/c1-10-3-2-8-17-9-13(16-14(10)17)11-4-6-12(15)7-5-11/h4-7,9-10H,2-3,8H2,1H3. The summed E-state index contributed by atoms with van der Waals surface area (Å²) in [4.78, 5) is 4.75. The van der Waals surface area contributed by atoms with Crippen molar-refractivity contribution in [1.29, 1.82) is 0 Å². The van der Waals surface area contributed by atoms with Crippen LogP contribution < -0.4 is 0 Å². The van der Waals surface area contributed by atoms with Gasteiger partial charge in [0.15, 0.2) is 0 Å². The maximum Gasteiger partial charge on any atom is 0.112 e. The van der Waals surface area contributed by atoms with Crippen molar-refractivity contribution in [1.82, 2.24) is 9.55 Å². The Labute approximate surface area is 106 Å². The topological polar surface area (TPSA) is 17.8 Å². The molecular weight excluding hydrogens is 232 g/mol. The zero-order chi connectivity index (χ0) is 11.8. The van der Waals surface area contributed by atoms with Crippen molar-refractivity contribution in [2.75, 3.05) is 0 Å². The highest BCUT2D eigenvalue weighted by atomic mass is 35.5. The minimum absolute atomic E-state index is 0.574. The van der Waals surface area contributed by atoms with Crippen LogP contribution in [0.25, 0.3) is 11.3 Å². The summed E-state index contributed by atoms with van der Waals surface area (Å²) in [6.45, 7) is 3.35. The molecule has 0 spiro atoms. The molecule has 0 radical (unpaired) electrons. The van der Waals surface area contributed by atoms with Gasteiger partial charge in [0.1, 0.15) is 5.82 Å². The van der Waals surface area contributed by atoms with Crippen molar-refractivity contribution in [2.45, 2.75) is 32.2 Å². The van der Waals surface area contributed by atoms with Crippen molar-refractivity contribution in [3.63, 3.8) is 0 Å². The van der Waals surface area contributed by atoms with E-state index in [0.717, 1.165) is 22.8 Å². The fourth-order valence-electron chi connectivity index (χ4n) is 2.46. The number of rotatable bonds is 1. The van der Waals surface area contributed by atoms with Crippen molar-refractivity contribution in [2.24, 2.45) is 0 Å². The molecule has 0 N–H and O–H groups in total. The second-order valence-corrected chi connectivity index (χ2v) is 5.16. The molecule has 0 saturated carbocycles. The molecular formula is C14H15ClN2. The predicted molar refractivity (Wildman–Crippen MR) is 70.3 cm³/mol. The van der Waals surface area contributed by atoms with Crippen molar-refractivity contribution >= 4 is 11.6 Å². The summed E-state index contributed by atoms with van der Waals surface area (Å²) < 4.78 is 2.29. The molecule has 2 heterocycles. The molecule has 0 fully saturated rings. The monoisotopic (exact) mass is 246 g/mol. The van der Waals surface area contributed by atoms with E-state index in [2.05, 4.69) is 17.7 Å². The van der Waals surface area contributed by atoms with Gasteiger partial charge >= 0.3 is 0 Å². The highest BCUT2D eigenvalue weighted by molar-refractivity contribution is 6.30. The summed E-state index contributed by atoms with van der Waals surface area (Å²) in [5, 5.41) is 0.770. The second-order valence-electron chi connectivity index (χ2n) is 4.73. The van der Waals surface area contributed by atoms with Gasteiger partial charge in [-0.25, -0.2) is 4.98 Å². The molecule has 1 atom stereocenters. The molecule has 1 aromatic heterocycles. The van der Waals surface area contributed by atoms with Crippen LogP contribution in [0.4, 0.5) is 0 Å². The maximum absolute atomic E-state index is 5.90. The summed E-state index contributed by atoms with van der Waals surface area (Å²) >= 11 is 5.90. The average molecular weight is 247 g/mol. The normalized spacial score (nSPS) is 19.1. The summed E-state index contributed by atoms with van der Waals surface area (Å²) in [6, 6.07) is 7.89. The van der Waals surface area contributed by atoms with Crippen LogP contribution in [0.2, 0.25) is 5.02 Å². The van der Waals surface area contributed by atoms with Crippen molar-refractivity contribution in [3.8, 4) is 11.3 Å². The minimum atomic E-state index is 0.574. The first kappa shape index (κ1) is 10.8. The number of imidazole rings is 1. The van der Waals surface area contributed by atoms with E-state index < -0.39 is 0 Å². The number of hydrogen-bond acceptors (Lipinski definition) is 1. The Morgan fingerprint density at radius 2 is 2.06 bits per heavy atom. The molecule has 0 amide bonds. The number of nitrogens with zero attached hydrogens (tertiary/aromatic N) is 2. The van der Waals surface area contributed by atoms with E-state index in [9.17, 15) is 0 Å². The van der Waals surface area contributed by atoms with Gasteiger partial charge in [0.05, 0.1) is 5.69 Å². The molecule has 3 heteroatoms. The van der Waals surface area contributed by atoms with Crippen LogP contribution in [-0.2, 0) is 6.54 Å². The van der Waals surface area contributed by atoms with E-state index in [0.29, 0.717) is 5.92 Å². The molecule has 0 aliphatic carbocycles. The summed E-state index contributed by atoms with van der Waals surface area (Å²) in [6.07, 6.45) is 4.66. The Balaban J connectivity index is 2.02. The minimum Gasteiger partial charge on any atom is -0.334 e. The first-order chi connectivity index (χ1) is 8.24. The summed E-state index contributed by atoms with van der Waals surface area (Å²) in [7, 11) is 0. The van der Waals surface area contributed by atoms with E-state index in [1.54, 1.807) is 0 Å². The molecule has 1 aromatic carbocycles. The first-order valence-electron chi connectivity index (χ1n) is 6.07. The molecule has 2 nitrogen and oxygen atoms in total. The number of halogens is 1. The zero-order valence-corrected chi connectivity index (χ0v) is 10.6. The predicted octanol–water partition coefficient (Wildman–Crippen LogP) is 4.10. The first-order valence-corrected chi connectivity index (χ1v) is 6.45. The van der Waals surface area contributed by atoms with Gasteiger partial charge in [0.25, 0.3) is 0 Å². The molecule has 2 aromatic rings. The second kappa shape index (κ2) is 4.19. The maximum atomic E-state index is 5.90. The number of aromatic nitrogens is 2. The van der Waals surface area contributed by atoms with Crippen molar-refractivity contribution < 1.29 is 0 Å². The van der Waals surface area contributed by atoms with E-state index in [4.69, 9.17) is 16.6 Å². The zero-order valence-electron chi connectivity index (χ0n) is 9.86. The van der Waals surface area contributed by atoms with E-state index in [1.165, 1.54) is 18.7 Å². The van der Waals surface area contributed by atoms with Crippen molar-refractivity contribution in [3.05, 3.63) is 41.3 Å². The molecule has 0 bridgehead atoms. The van der Waals surface area contributed by atoms with Gasteiger partial charge in [0.2, 0.25) is 0 Å². The van der Waals surface area contributed by atoms with Gasteiger partial charge in [-0.05, 0) is 25.0 Å². The number of hydrogen-bond donors (Lipinski definition) is 0. The molecule has 17 heavy (non-hydrogen) atoms. The van der Waals surface area contributed by atoms with Crippen LogP contribution in [0.1, 0.15) is 31.5 Å². The third kappa shape index (κ3) is 1.98.